The van der Waals surface area contributed by atoms with Crippen LogP contribution in [0.4, 0.5) is 0 Å². The third-order valence-electron chi connectivity index (χ3n) is 6.49. The van der Waals surface area contributed by atoms with Crippen molar-refractivity contribution in [2.45, 2.75) is 64.5 Å². The summed E-state index contributed by atoms with van der Waals surface area (Å²) in [6, 6.07) is 7.20. The van der Waals surface area contributed by atoms with E-state index in [4.69, 9.17) is 10.3 Å². The van der Waals surface area contributed by atoms with Gasteiger partial charge in [0.2, 0.25) is 11.8 Å². The fraction of sp³-hybridized carbons (Fsp3) is 0.458. The van der Waals surface area contributed by atoms with E-state index in [1.54, 1.807) is 18.7 Å². The molecular weight excluding hydrogens is 436 g/mol. The Morgan fingerprint density at radius 3 is 2.76 bits per heavy atom. The van der Waals surface area contributed by atoms with Crippen molar-refractivity contribution < 1.29 is 18.9 Å². The van der Waals surface area contributed by atoms with Gasteiger partial charge in [-0.1, -0.05) is 17.3 Å². The van der Waals surface area contributed by atoms with Crippen LogP contribution in [-0.2, 0) is 9.59 Å². The van der Waals surface area contributed by atoms with Crippen LogP contribution in [0, 0.1) is 6.92 Å². The number of piperidine rings is 1. The van der Waals surface area contributed by atoms with E-state index in [1.807, 2.05) is 31.2 Å². The molecule has 4 N–H and O–H groups in total. The molecule has 10 nitrogen and oxygen atoms in total. The standard InChI is InChI=1S/C24H30N6O4/c1-13-8-6-7-11-30(13)19(31)12-16(20-15(3)34-29-21(20)22(25)32)24(33)26-14(2)23-27-17-9-4-5-10-18(17)28-23/h4-5,9-10,13-14,16H,6-8,11-12H2,1-3H3,(H2,25,32)(H,26,33)(H,27,28)/t13-,14-,16-/m0/s1. The molecule has 1 aromatic carbocycles. The maximum absolute atomic E-state index is 13.5. The van der Waals surface area contributed by atoms with E-state index >= 15 is 0 Å². The number of aromatic nitrogens is 3. The topological polar surface area (TPSA) is 147 Å². The number of para-hydroxylation sites is 2. The van der Waals surface area contributed by atoms with Gasteiger partial charge in [-0.15, -0.1) is 0 Å². The molecule has 180 valence electrons. The molecule has 0 radical (unpaired) electrons. The first-order valence-electron chi connectivity index (χ1n) is 11.6. The van der Waals surface area contributed by atoms with E-state index in [0.717, 1.165) is 30.3 Å². The minimum atomic E-state index is -0.984. The van der Waals surface area contributed by atoms with Crippen molar-refractivity contribution >= 4 is 28.8 Å². The molecule has 1 fully saturated rings. The molecule has 10 heteroatoms. The Hall–Kier alpha value is -3.69. The Morgan fingerprint density at radius 1 is 1.29 bits per heavy atom. The van der Waals surface area contributed by atoms with Gasteiger partial charge in [-0.3, -0.25) is 14.4 Å². The number of likely N-dealkylation sites (tertiary alicyclic amines) is 1. The van der Waals surface area contributed by atoms with Gasteiger partial charge < -0.3 is 25.5 Å². The predicted molar refractivity (Wildman–Crippen MR) is 125 cm³/mol. The fourth-order valence-corrected chi connectivity index (χ4v) is 4.61. The van der Waals surface area contributed by atoms with Crippen molar-refractivity contribution in [2.24, 2.45) is 5.73 Å². The second-order valence-electron chi connectivity index (χ2n) is 8.92. The number of imidazole rings is 1. The number of nitrogens with zero attached hydrogens (tertiary/aromatic N) is 3. The summed E-state index contributed by atoms with van der Waals surface area (Å²) < 4.78 is 5.19. The van der Waals surface area contributed by atoms with Crippen LogP contribution >= 0.6 is 0 Å². The zero-order valence-corrected chi connectivity index (χ0v) is 19.6. The molecule has 4 rings (SSSR count). The zero-order chi connectivity index (χ0) is 24.4. The molecule has 0 bridgehead atoms. The number of carbonyl (C=O) groups is 3. The Bertz CT molecular complexity index is 1180. The number of amides is 3. The number of aryl methyl sites for hydroxylation is 1. The highest BCUT2D eigenvalue weighted by molar-refractivity contribution is 5.97. The third-order valence-corrected chi connectivity index (χ3v) is 6.49. The van der Waals surface area contributed by atoms with Gasteiger partial charge in [0, 0.05) is 24.6 Å². The molecule has 3 amide bonds. The first-order valence-corrected chi connectivity index (χ1v) is 11.6. The second-order valence-corrected chi connectivity index (χ2v) is 8.92. The number of carbonyl (C=O) groups excluding carboxylic acids is 3. The zero-order valence-electron chi connectivity index (χ0n) is 19.6. The smallest absolute Gasteiger partial charge is 0.271 e. The average molecular weight is 467 g/mol. The molecule has 0 spiro atoms. The van der Waals surface area contributed by atoms with Crippen molar-refractivity contribution in [1.29, 1.82) is 0 Å². The van der Waals surface area contributed by atoms with Crippen molar-refractivity contribution in [1.82, 2.24) is 25.3 Å². The van der Waals surface area contributed by atoms with E-state index in [-0.39, 0.29) is 35.4 Å². The van der Waals surface area contributed by atoms with Crippen LogP contribution in [0.5, 0.6) is 0 Å². The van der Waals surface area contributed by atoms with Crippen LogP contribution < -0.4 is 11.1 Å². The first kappa shape index (κ1) is 23.5. The summed E-state index contributed by atoms with van der Waals surface area (Å²) >= 11 is 0. The van der Waals surface area contributed by atoms with E-state index in [9.17, 15) is 14.4 Å². The summed E-state index contributed by atoms with van der Waals surface area (Å²) in [5.74, 6) is -1.51. The lowest BCUT2D eigenvalue weighted by molar-refractivity contribution is -0.137. The van der Waals surface area contributed by atoms with Crippen molar-refractivity contribution in [3.05, 3.63) is 47.1 Å². The highest BCUT2D eigenvalue weighted by Gasteiger charge is 2.35. The van der Waals surface area contributed by atoms with Gasteiger partial charge in [-0.05, 0) is 52.2 Å². The molecule has 0 saturated carbocycles. The molecule has 34 heavy (non-hydrogen) atoms. The van der Waals surface area contributed by atoms with E-state index in [1.165, 1.54) is 0 Å². The summed E-state index contributed by atoms with van der Waals surface area (Å²) in [4.78, 5) is 48.3. The normalized spacial score (nSPS) is 18.0. The van der Waals surface area contributed by atoms with Gasteiger partial charge in [-0.25, -0.2) is 4.98 Å². The molecule has 1 aliphatic heterocycles. The van der Waals surface area contributed by atoms with Crippen molar-refractivity contribution in [2.75, 3.05) is 6.54 Å². The summed E-state index contributed by atoms with van der Waals surface area (Å²) in [7, 11) is 0. The first-order chi connectivity index (χ1) is 16.3. The summed E-state index contributed by atoms with van der Waals surface area (Å²) in [6.45, 7) is 6.06. The minimum absolute atomic E-state index is 0.0959. The van der Waals surface area contributed by atoms with Crippen molar-refractivity contribution in [3.63, 3.8) is 0 Å². The quantitative estimate of drug-likeness (QED) is 0.488. The van der Waals surface area contributed by atoms with Gasteiger partial charge in [0.1, 0.15) is 11.6 Å². The third kappa shape index (κ3) is 4.66. The summed E-state index contributed by atoms with van der Waals surface area (Å²) in [5.41, 5.74) is 7.26. The minimum Gasteiger partial charge on any atom is -0.364 e. The van der Waals surface area contributed by atoms with Gasteiger partial charge in [0.25, 0.3) is 5.91 Å². The van der Waals surface area contributed by atoms with Crippen LogP contribution in [0.15, 0.2) is 28.8 Å². The fourth-order valence-electron chi connectivity index (χ4n) is 4.61. The largest absolute Gasteiger partial charge is 0.364 e. The molecule has 2 aromatic heterocycles. The Morgan fingerprint density at radius 2 is 2.06 bits per heavy atom. The van der Waals surface area contributed by atoms with E-state index in [0.29, 0.717) is 12.4 Å². The molecule has 0 aliphatic carbocycles. The number of nitrogens with one attached hydrogen (secondary N) is 2. The van der Waals surface area contributed by atoms with E-state index in [2.05, 4.69) is 20.4 Å². The Balaban J connectivity index is 1.61. The Labute approximate surface area is 197 Å². The number of rotatable bonds is 7. The number of aromatic amines is 1. The summed E-state index contributed by atoms with van der Waals surface area (Å²) in [6.07, 6.45) is 2.80. The maximum atomic E-state index is 13.5. The van der Waals surface area contributed by atoms with Crippen LogP contribution in [0.25, 0.3) is 11.0 Å². The van der Waals surface area contributed by atoms with Gasteiger partial charge in [0.05, 0.1) is 23.0 Å². The molecular formula is C24H30N6O4. The molecule has 1 aliphatic rings. The van der Waals surface area contributed by atoms with Gasteiger partial charge in [-0.2, -0.15) is 0 Å². The lowest BCUT2D eigenvalue weighted by atomic mass is 9.91. The SMILES string of the molecule is Cc1onc(C(N)=O)c1[C@H](CC(=O)N1CCCC[C@@H]1C)C(=O)N[C@@H](C)c1nc2ccccc2[nH]1. The second kappa shape index (κ2) is 9.66. The molecule has 3 heterocycles. The number of benzene rings is 1. The lowest BCUT2D eigenvalue weighted by Gasteiger charge is -2.34. The number of H-pyrrole nitrogens is 1. The number of hydrogen-bond acceptors (Lipinski definition) is 6. The average Bonchev–Trinajstić information content (AvgIpc) is 3.41. The van der Waals surface area contributed by atoms with E-state index < -0.39 is 23.8 Å². The highest BCUT2D eigenvalue weighted by Crippen LogP contribution is 2.30. The molecule has 3 aromatic rings. The van der Waals surface area contributed by atoms with Crippen molar-refractivity contribution in [3.8, 4) is 0 Å². The number of nitrogens with two attached hydrogens (primary N) is 1. The highest BCUT2D eigenvalue weighted by atomic mass is 16.5. The lowest BCUT2D eigenvalue weighted by Crippen LogP contribution is -2.44. The molecule has 1 saturated heterocycles. The van der Waals surface area contributed by atoms with Crippen LogP contribution in [-0.4, -0.2) is 50.3 Å². The Kier molecular flexibility index (Phi) is 6.67. The van der Waals surface area contributed by atoms with Gasteiger partial charge >= 0.3 is 0 Å². The predicted octanol–water partition coefficient (Wildman–Crippen LogP) is 2.71. The molecule has 3 atom stereocenters. The van der Waals surface area contributed by atoms with Crippen LogP contribution in [0.3, 0.4) is 0 Å². The number of hydrogen-bond donors (Lipinski definition) is 3. The number of primary amides is 1. The summed E-state index contributed by atoms with van der Waals surface area (Å²) in [5, 5.41) is 6.68. The molecule has 0 unspecified atom stereocenters. The van der Waals surface area contributed by atoms with Gasteiger partial charge in [0.15, 0.2) is 5.69 Å². The number of fused-ring (bicyclic) bond motifs is 1. The maximum Gasteiger partial charge on any atom is 0.271 e. The van der Waals surface area contributed by atoms with Crippen LogP contribution in [0.1, 0.15) is 79.1 Å². The monoisotopic (exact) mass is 466 g/mol. The van der Waals surface area contributed by atoms with Crippen LogP contribution in [0.2, 0.25) is 0 Å².